The summed E-state index contributed by atoms with van der Waals surface area (Å²) >= 11 is 1.68. The Balaban J connectivity index is 2.12. The van der Waals surface area contributed by atoms with E-state index in [1.54, 1.807) is 11.3 Å². The van der Waals surface area contributed by atoms with Crippen LogP contribution in [-0.4, -0.2) is 20.8 Å². The third kappa shape index (κ3) is 2.92. The molecule has 1 N–H and O–H groups in total. The summed E-state index contributed by atoms with van der Waals surface area (Å²) in [6.45, 7) is 8.07. The number of aromatic nitrogens is 3. The van der Waals surface area contributed by atoms with Crippen LogP contribution in [0.2, 0.25) is 0 Å². The summed E-state index contributed by atoms with van der Waals surface area (Å²) in [6, 6.07) is 2.50. The van der Waals surface area contributed by atoms with E-state index in [2.05, 4.69) is 41.6 Å². The summed E-state index contributed by atoms with van der Waals surface area (Å²) in [4.78, 5) is 4.63. The molecular weight excluding hydrogens is 232 g/mol. The van der Waals surface area contributed by atoms with Crippen LogP contribution in [0.3, 0.4) is 0 Å². The van der Waals surface area contributed by atoms with Crippen LogP contribution in [0.15, 0.2) is 17.6 Å². The van der Waals surface area contributed by atoms with Gasteiger partial charge in [0, 0.05) is 30.7 Å². The second-order valence-corrected chi connectivity index (χ2v) is 5.07. The fourth-order valence-corrected chi connectivity index (χ4v) is 2.43. The zero-order chi connectivity index (χ0) is 12.3. The second-order valence-electron chi connectivity index (χ2n) is 4.21. The molecule has 92 valence electrons. The van der Waals surface area contributed by atoms with Crippen molar-refractivity contribution < 1.29 is 0 Å². The molecule has 0 fully saturated rings. The standard InChI is InChI=1S/C12H18N4S/c1-4-16-11(5-6-14-16)12-15-10(8-17-12)7-13-9(2)3/h5-6,8-9,13H,4,7H2,1-3H3. The van der Waals surface area contributed by atoms with Gasteiger partial charge in [-0.1, -0.05) is 13.8 Å². The molecule has 0 radical (unpaired) electrons. The van der Waals surface area contributed by atoms with Crippen molar-refractivity contribution in [2.24, 2.45) is 0 Å². The Bertz CT molecular complexity index is 472. The molecule has 0 aliphatic rings. The minimum Gasteiger partial charge on any atom is -0.309 e. The normalized spacial score (nSPS) is 11.3. The Labute approximate surface area is 106 Å². The van der Waals surface area contributed by atoms with Crippen molar-refractivity contribution in [3.05, 3.63) is 23.3 Å². The van der Waals surface area contributed by atoms with Gasteiger partial charge in [0.25, 0.3) is 0 Å². The number of hydrogen-bond donors (Lipinski definition) is 1. The third-order valence-corrected chi connectivity index (χ3v) is 3.39. The van der Waals surface area contributed by atoms with E-state index in [-0.39, 0.29) is 0 Å². The van der Waals surface area contributed by atoms with E-state index in [9.17, 15) is 0 Å². The van der Waals surface area contributed by atoms with Crippen LogP contribution in [0.25, 0.3) is 10.7 Å². The molecule has 5 heteroatoms. The van der Waals surface area contributed by atoms with Crippen LogP contribution in [0.4, 0.5) is 0 Å². The highest BCUT2D eigenvalue weighted by Gasteiger charge is 2.09. The monoisotopic (exact) mass is 250 g/mol. The SMILES string of the molecule is CCn1nccc1-c1nc(CNC(C)C)cs1. The van der Waals surface area contributed by atoms with E-state index in [0.717, 1.165) is 29.5 Å². The van der Waals surface area contributed by atoms with Gasteiger partial charge in [-0.25, -0.2) is 4.98 Å². The molecule has 0 saturated heterocycles. The maximum atomic E-state index is 4.63. The van der Waals surface area contributed by atoms with E-state index >= 15 is 0 Å². The molecule has 0 aliphatic carbocycles. The third-order valence-electron chi connectivity index (χ3n) is 2.48. The smallest absolute Gasteiger partial charge is 0.141 e. The lowest BCUT2D eigenvalue weighted by Gasteiger charge is -2.04. The Kier molecular flexibility index (Phi) is 3.91. The average Bonchev–Trinajstić information content (AvgIpc) is 2.94. The first-order valence-corrected chi connectivity index (χ1v) is 6.78. The van der Waals surface area contributed by atoms with Gasteiger partial charge in [-0.15, -0.1) is 11.3 Å². The fraction of sp³-hybridized carbons (Fsp3) is 0.500. The summed E-state index contributed by atoms with van der Waals surface area (Å²) in [5.74, 6) is 0. The van der Waals surface area contributed by atoms with E-state index in [1.807, 2.05) is 16.9 Å². The largest absolute Gasteiger partial charge is 0.309 e. The highest BCUT2D eigenvalue weighted by molar-refractivity contribution is 7.13. The molecule has 2 aromatic rings. The first-order chi connectivity index (χ1) is 8.20. The Morgan fingerprint density at radius 3 is 3.00 bits per heavy atom. The molecule has 0 bridgehead atoms. The summed E-state index contributed by atoms with van der Waals surface area (Å²) in [7, 11) is 0. The maximum Gasteiger partial charge on any atom is 0.141 e. The molecule has 0 unspecified atom stereocenters. The number of hydrogen-bond acceptors (Lipinski definition) is 4. The Morgan fingerprint density at radius 2 is 2.29 bits per heavy atom. The van der Waals surface area contributed by atoms with Crippen LogP contribution in [-0.2, 0) is 13.1 Å². The summed E-state index contributed by atoms with van der Waals surface area (Å²) < 4.78 is 1.97. The molecule has 0 aromatic carbocycles. The lowest BCUT2D eigenvalue weighted by molar-refractivity contribution is 0.583. The van der Waals surface area contributed by atoms with Gasteiger partial charge in [-0.05, 0) is 13.0 Å². The predicted molar refractivity (Wildman–Crippen MR) is 71.0 cm³/mol. The van der Waals surface area contributed by atoms with Gasteiger partial charge in [-0.3, -0.25) is 4.68 Å². The minimum atomic E-state index is 0.487. The molecule has 4 nitrogen and oxygen atoms in total. The van der Waals surface area contributed by atoms with Gasteiger partial charge < -0.3 is 5.32 Å². The maximum absolute atomic E-state index is 4.63. The van der Waals surface area contributed by atoms with E-state index in [0.29, 0.717) is 6.04 Å². The van der Waals surface area contributed by atoms with E-state index in [1.165, 1.54) is 0 Å². The molecule has 17 heavy (non-hydrogen) atoms. The summed E-state index contributed by atoms with van der Waals surface area (Å²) in [5.41, 5.74) is 2.20. The quantitative estimate of drug-likeness (QED) is 0.886. The topological polar surface area (TPSA) is 42.7 Å². The molecule has 0 amide bonds. The fourth-order valence-electron chi connectivity index (χ4n) is 1.58. The van der Waals surface area contributed by atoms with Crippen molar-refractivity contribution in [3.63, 3.8) is 0 Å². The van der Waals surface area contributed by atoms with Crippen LogP contribution >= 0.6 is 11.3 Å². The number of rotatable bonds is 5. The highest BCUT2D eigenvalue weighted by atomic mass is 32.1. The van der Waals surface area contributed by atoms with Crippen molar-refractivity contribution in [3.8, 4) is 10.7 Å². The van der Waals surface area contributed by atoms with E-state index < -0.39 is 0 Å². The molecule has 0 aliphatic heterocycles. The Morgan fingerprint density at radius 1 is 1.47 bits per heavy atom. The van der Waals surface area contributed by atoms with Crippen molar-refractivity contribution in [2.75, 3.05) is 0 Å². The van der Waals surface area contributed by atoms with Crippen LogP contribution < -0.4 is 5.32 Å². The molecule has 2 heterocycles. The molecule has 0 spiro atoms. The van der Waals surface area contributed by atoms with Crippen molar-refractivity contribution in [2.45, 2.75) is 39.9 Å². The van der Waals surface area contributed by atoms with Gasteiger partial charge in [0.1, 0.15) is 5.01 Å². The van der Waals surface area contributed by atoms with Gasteiger partial charge in [0.15, 0.2) is 0 Å². The van der Waals surface area contributed by atoms with Crippen molar-refractivity contribution in [1.82, 2.24) is 20.1 Å². The zero-order valence-electron chi connectivity index (χ0n) is 10.5. The van der Waals surface area contributed by atoms with Crippen LogP contribution in [0, 0.1) is 0 Å². The number of aryl methyl sites for hydroxylation is 1. The van der Waals surface area contributed by atoms with Gasteiger partial charge in [0.05, 0.1) is 11.4 Å². The van der Waals surface area contributed by atoms with Crippen molar-refractivity contribution in [1.29, 1.82) is 0 Å². The highest BCUT2D eigenvalue weighted by Crippen LogP contribution is 2.23. The summed E-state index contributed by atoms with van der Waals surface area (Å²) in [6.07, 6.45) is 1.83. The van der Waals surface area contributed by atoms with Gasteiger partial charge in [-0.2, -0.15) is 5.10 Å². The van der Waals surface area contributed by atoms with E-state index in [4.69, 9.17) is 0 Å². The predicted octanol–water partition coefficient (Wildman–Crippen LogP) is 2.52. The first kappa shape index (κ1) is 12.3. The lowest BCUT2D eigenvalue weighted by atomic mass is 10.3. The summed E-state index contributed by atoms with van der Waals surface area (Å²) in [5, 5.41) is 10.8. The van der Waals surface area contributed by atoms with Crippen molar-refractivity contribution >= 4 is 11.3 Å². The molecule has 2 aromatic heterocycles. The zero-order valence-corrected chi connectivity index (χ0v) is 11.3. The second kappa shape index (κ2) is 5.42. The average molecular weight is 250 g/mol. The first-order valence-electron chi connectivity index (χ1n) is 5.90. The number of nitrogens with zero attached hydrogens (tertiary/aromatic N) is 3. The van der Waals surface area contributed by atoms with Gasteiger partial charge >= 0.3 is 0 Å². The minimum absolute atomic E-state index is 0.487. The molecular formula is C12H18N4S. The van der Waals surface area contributed by atoms with Crippen LogP contribution in [0.1, 0.15) is 26.5 Å². The molecule has 0 atom stereocenters. The lowest BCUT2D eigenvalue weighted by Crippen LogP contribution is -2.21. The molecule has 0 saturated carbocycles. The Hall–Kier alpha value is -1.20. The molecule has 2 rings (SSSR count). The number of thiazole rings is 1. The van der Waals surface area contributed by atoms with Gasteiger partial charge in [0.2, 0.25) is 0 Å². The van der Waals surface area contributed by atoms with Crippen LogP contribution in [0.5, 0.6) is 0 Å². The number of nitrogens with one attached hydrogen (secondary N) is 1.